The van der Waals surface area contributed by atoms with Gasteiger partial charge in [-0.2, -0.15) is 5.10 Å². The molecule has 1 N–H and O–H groups in total. The second-order valence-corrected chi connectivity index (χ2v) is 7.85. The van der Waals surface area contributed by atoms with Crippen molar-refractivity contribution in [3.05, 3.63) is 18.0 Å². The van der Waals surface area contributed by atoms with Crippen molar-refractivity contribution >= 4 is 18.3 Å². The molecule has 2 saturated heterocycles. The van der Waals surface area contributed by atoms with Crippen LogP contribution in [0.4, 0.5) is 0 Å². The average molecular weight is 383 g/mol. The van der Waals surface area contributed by atoms with Crippen LogP contribution in [0, 0.1) is 0 Å². The lowest BCUT2D eigenvalue weighted by atomic mass is 9.92. The second kappa shape index (κ2) is 8.72. The Morgan fingerprint density at radius 3 is 2.77 bits per heavy atom. The SMILES string of the molecule is Cl.O=C(c1ccn(C2CCCNC2)n1)N1CCOC2(CCCCCC2)C1. The van der Waals surface area contributed by atoms with Crippen LogP contribution in [0.2, 0.25) is 0 Å². The molecule has 2 aliphatic heterocycles. The van der Waals surface area contributed by atoms with E-state index in [1.54, 1.807) is 0 Å². The van der Waals surface area contributed by atoms with E-state index in [-0.39, 0.29) is 23.9 Å². The zero-order valence-electron chi connectivity index (χ0n) is 15.5. The number of hydrogen-bond acceptors (Lipinski definition) is 4. The summed E-state index contributed by atoms with van der Waals surface area (Å²) in [5.74, 6) is 0.0643. The molecule has 1 aromatic rings. The summed E-state index contributed by atoms with van der Waals surface area (Å²) >= 11 is 0. The van der Waals surface area contributed by atoms with Crippen LogP contribution in [0.5, 0.6) is 0 Å². The Labute approximate surface area is 162 Å². The van der Waals surface area contributed by atoms with E-state index in [1.807, 2.05) is 21.8 Å². The number of morpholine rings is 1. The van der Waals surface area contributed by atoms with Gasteiger partial charge in [0.05, 0.1) is 24.8 Å². The fraction of sp³-hybridized carbons (Fsp3) is 0.789. The highest BCUT2D eigenvalue weighted by molar-refractivity contribution is 5.92. The Morgan fingerprint density at radius 1 is 1.23 bits per heavy atom. The van der Waals surface area contributed by atoms with Crippen LogP contribution in [0.1, 0.15) is 67.9 Å². The molecule has 4 rings (SSSR count). The number of aromatic nitrogens is 2. The van der Waals surface area contributed by atoms with E-state index >= 15 is 0 Å². The predicted molar refractivity (Wildman–Crippen MR) is 103 cm³/mol. The summed E-state index contributed by atoms with van der Waals surface area (Å²) in [6, 6.07) is 2.25. The van der Waals surface area contributed by atoms with E-state index in [1.165, 1.54) is 32.1 Å². The number of nitrogens with zero attached hydrogens (tertiary/aromatic N) is 3. The molecule has 1 spiro atoms. The van der Waals surface area contributed by atoms with Crippen molar-refractivity contribution in [1.29, 1.82) is 0 Å². The number of ether oxygens (including phenoxy) is 1. The van der Waals surface area contributed by atoms with Gasteiger partial charge in [0.2, 0.25) is 0 Å². The molecule has 6 nitrogen and oxygen atoms in total. The fourth-order valence-electron chi connectivity index (χ4n) is 4.57. The first-order chi connectivity index (χ1) is 12.3. The number of nitrogens with one attached hydrogen (secondary N) is 1. The third-order valence-electron chi connectivity index (χ3n) is 6.02. The predicted octanol–water partition coefficient (Wildman–Crippen LogP) is 2.79. The fourth-order valence-corrected chi connectivity index (χ4v) is 4.57. The maximum atomic E-state index is 13.0. The zero-order valence-corrected chi connectivity index (χ0v) is 16.3. The average Bonchev–Trinajstić information content (AvgIpc) is 3.05. The number of rotatable bonds is 2. The van der Waals surface area contributed by atoms with Crippen molar-refractivity contribution in [2.75, 3.05) is 32.8 Å². The molecule has 1 saturated carbocycles. The van der Waals surface area contributed by atoms with Gasteiger partial charge in [0.25, 0.3) is 5.91 Å². The molecule has 1 amide bonds. The number of piperidine rings is 1. The lowest BCUT2D eigenvalue weighted by Crippen LogP contribution is -2.53. The van der Waals surface area contributed by atoms with Gasteiger partial charge >= 0.3 is 0 Å². The maximum Gasteiger partial charge on any atom is 0.274 e. The molecule has 0 radical (unpaired) electrons. The Morgan fingerprint density at radius 2 is 2.04 bits per heavy atom. The summed E-state index contributed by atoms with van der Waals surface area (Å²) in [6.45, 7) is 4.08. The van der Waals surface area contributed by atoms with Crippen molar-refractivity contribution in [2.45, 2.75) is 63.0 Å². The van der Waals surface area contributed by atoms with Gasteiger partial charge in [-0.3, -0.25) is 9.48 Å². The van der Waals surface area contributed by atoms with E-state index in [2.05, 4.69) is 10.4 Å². The van der Waals surface area contributed by atoms with Gasteiger partial charge in [0.1, 0.15) is 5.69 Å². The first-order valence-corrected chi connectivity index (χ1v) is 9.95. The van der Waals surface area contributed by atoms with Crippen LogP contribution in [0.15, 0.2) is 12.3 Å². The molecule has 0 aromatic carbocycles. The van der Waals surface area contributed by atoms with Gasteiger partial charge in [-0.1, -0.05) is 25.7 Å². The second-order valence-electron chi connectivity index (χ2n) is 7.85. The minimum Gasteiger partial charge on any atom is -0.371 e. The molecule has 1 aromatic heterocycles. The molecule has 1 aliphatic carbocycles. The Hall–Kier alpha value is -1.11. The molecule has 7 heteroatoms. The van der Waals surface area contributed by atoms with Crippen molar-refractivity contribution in [3.8, 4) is 0 Å². The van der Waals surface area contributed by atoms with Gasteiger partial charge in [0.15, 0.2) is 0 Å². The van der Waals surface area contributed by atoms with Crippen LogP contribution in [-0.2, 0) is 4.74 Å². The molecule has 3 fully saturated rings. The summed E-state index contributed by atoms with van der Waals surface area (Å²) in [5, 5.41) is 8.01. The smallest absolute Gasteiger partial charge is 0.274 e. The zero-order chi connectivity index (χ0) is 17.1. The Kier molecular flexibility index (Phi) is 6.59. The van der Waals surface area contributed by atoms with Crippen molar-refractivity contribution < 1.29 is 9.53 Å². The van der Waals surface area contributed by atoms with Gasteiger partial charge in [0, 0.05) is 19.3 Å². The molecular formula is C19H31ClN4O2. The quantitative estimate of drug-likeness (QED) is 0.854. The number of hydrogen-bond donors (Lipinski definition) is 1. The molecule has 1 atom stereocenters. The Balaban J connectivity index is 0.00000196. The highest BCUT2D eigenvalue weighted by Gasteiger charge is 2.39. The van der Waals surface area contributed by atoms with Gasteiger partial charge in [-0.05, 0) is 38.3 Å². The summed E-state index contributed by atoms with van der Waals surface area (Å²) in [7, 11) is 0. The summed E-state index contributed by atoms with van der Waals surface area (Å²) < 4.78 is 8.15. The highest BCUT2D eigenvalue weighted by Crippen LogP contribution is 2.33. The summed E-state index contributed by atoms with van der Waals surface area (Å²) in [4.78, 5) is 15.0. The Bertz CT molecular complexity index is 592. The van der Waals surface area contributed by atoms with E-state index in [9.17, 15) is 4.79 Å². The maximum absolute atomic E-state index is 13.0. The normalized spacial score (nSPS) is 26.2. The first-order valence-electron chi connectivity index (χ1n) is 9.95. The number of amides is 1. The lowest BCUT2D eigenvalue weighted by molar-refractivity contribution is -0.107. The molecule has 3 heterocycles. The number of carbonyl (C=O) groups is 1. The molecule has 0 bridgehead atoms. The molecule has 146 valence electrons. The topological polar surface area (TPSA) is 59.4 Å². The van der Waals surface area contributed by atoms with Crippen LogP contribution in [-0.4, -0.2) is 59.0 Å². The minimum atomic E-state index is -0.111. The van der Waals surface area contributed by atoms with Crippen molar-refractivity contribution in [3.63, 3.8) is 0 Å². The van der Waals surface area contributed by atoms with Gasteiger partial charge in [-0.15, -0.1) is 12.4 Å². The third kappa shape index (κ3) is 4.24. The standard InChI is InChI=1S/C19H30N4O2.ClH/c24-18(17-7-11-23(21-17)16-6-5-10-20-14-16)22-12-13-25-19(15-22)8-3-1-2-4-9-19;/h7,11,16,20H,1-6,8-10,12-15H2;1H. The van der Waals surface area contributed by atoms with Gasteiger partial charge in [-0.25, -0.2) is 0 Å². The molecule has 3 aliphatic rings. The molecule has 26 heavy (non-hydrogen) atoms. The minimum absolute atomic E-state index is 0. The van der Waals surface area contributed by atoms with Crippen molar-refractivity contribution in [1.82, 2.24) is 20.0 Å². The number of halogens is 1. The van der Waals surface area contributed by atoms with E-state index in [0.717, 1.165) is 38.9 Å². The summed E-state index contributed by atoms with van der Waals surface area (Å²) in [6.07, 6.45) is 11.4. The van der Waals surface area contributed by atoms with Crippen molar-refractivity contribution in [2.24, 2.45) is 0 Å². The third-order valence-corrected chi connectivity index (χ3v) is 6.02. The molecule has 1 unspecified atom stereocenters. The van der Waals surface area contributed by atoms with Crippen LogP contribution < -0.4 is 5.32 Å². The lowest BCUT2D eigenvalue weighted by Gasteiger charge is -2.42. The highest BCUT2D eigenvalue weighted by atomic mass is 35.5. The summed E-state index contributed by atoms with van der Waals surface area (Å²) in [5.41, 5.74) is 0.469. The first kappa shape index (κ1) is 19.6. The van der Waals surface area contributed by atoms with Crippen LogP contribution >= 0.6 is 12.4 Å². The van der Waals surface area contributed by atoms with E-state index < -0.39 is 0 Å². The monoisotopic (exact) mass is 382 g/mol. The largest absolute Gasteiger partial charge is 0.371 e. The van der Waals surface area contributed by atoms with Crippen LogP contribution in [0.3, 0.4) is 0 Å². The van der Waals surface area contributed by atoms with Gasteiger partial charge < -0.3 is 15.0 Å². The number of carbonyl (C=O) groups excluding carboxylic acids is 1. The molecular weight excluding hydrogens is 352 g/mol. The van der Waals surface area contributed by atoms with E-state index in [4.69, 9.17) is 4.74 Å². The van der Waals surface area contributed by atoms with E-state index in [0.29, 0.717) is 24.9 Å². The van der Waals surface area contributed by atoms with Crippen LogP contribution in [0.25, 0.3) is 0 Å².